The maximum absolute atomic E-state index is 12.7. The molecule has 0 radical (unpaired) electrons. The van der Waals surface area contributed by atoms with Crippen molar-refractivity contribution in [3.05, 3.63) is 88.8 Å². The summed E-state index contributed by atoms with van der Waals surface area (Å²) in [4.78, 5) is 22.7. The van der Waals surface area contributed by atoms with Crippen LogP contribution >= 0.6 is 11.6 Å². The summed E-state index contributed by atoms with van der Waals surface area (Å²) in [6, 6.07) is 15.1. The summed E-state index contributed by atoms with van der Waals surface area (Å²) in [6.07, 6.45) is 5.96. The molecule has 3 aromatic rings. The van der Waals surface area contributed by atoms with Gasteiger partial charge in [0, 0.05) is 49.3 Å². The molecule has 27 heavy (non-hydrogen) atoms. The fourth-order valence-corrected chi connectivity index (χ4v) is 2.75. The van der Waals surface area contributed by atoms with Gasteiger partial charge in [-0.05, 0) is 53.9 Å². The Bertz CT molecular complexity index is 884. The van der Waals surface area contributed by atoms with Crippen LogP contribution in [0.1, 0.15) is 21.5 Å². The van der Waals surface area contributed by atoms with Crippen molar-refractivity contribution in [2.24, 2.45) is 0 Å². The molecule has 0 saturated carbocycles. The molecule has 0 aliphatic heterocycles. The summed E-state index contributed by atoms with van der Waals surface area (Å²) in [6.45, 7) is 1.25. The number of anilines is 1. The quantitative estimate of drug-likeness (QED) is 0.671. The van der Waals surface area contributed by atoms with Crippen molar-refractivity contribution in [3.63, 3.8) is 0 Å². The van der Waals surface area contributed by atoms with Gasteiger partial charge in [0.15, 0.2) is 0 Å². The average Bonchev–Trinajstić information content (AvgIpc) is 2.72. The van der Waals surface area contributed by atoms with E-state index in [0.29, 0.717) is 29.5 Å². The molecule has 5 nitrogen and oxygen atoms in total. The fourth-order valence-electron chi connectivity index (χ4n) is 2.62. The van der Waals surface area contributed by atoms with Crippen molar-refractivity contribution in [1.29, 1.82) is 0 Å². The molecule has 0 spiro atoms. The second-order valence-corrected chi connectivity index (χ2v) is 6.68. The van der Waals surface area contributed by atoms with Gasteiger partial charge in [-0.2, -0.15) is 0 Å². The number of likely N-dealkylation sites (N-methyl/N-ethyl adjacent to an activating group) is 1. The number of rotatable bonds is 7. The van der Waals surface area contributed by atoms with Gasteiger partial charge in [-0.3, -0.25) is 9.78 Å². The number of hydrogen-bond donors (Lipinski definition) is 1. The Kier molecular flexibility index (Phi) is 6.39. The SMILES string of the molecule is CN(CCc1ccncc1)C(=O)c1ccnc(NCc2ccc(Cl)cc2)c1. The highest BCUT2D eigenvalue weighted by atomic mass is 35.5. The van der Waals surface area contributed by atoms with Crippen LogP contribution in [0.4, 0.5) is 5.82 Å². The number of benzene rings is 1. The molecular formula is C21H21ClN4O. The van der Waals surface area contributed by atoms with Crippen LogP contribution in [0.15, 0.2) is 67.1 Å². The van der Waals surface area contributed by atoms with Crippen molar-refractivity contribution in [1.82, 2.24) is 14.9 Å². The maximum Gasteiger partial charge on any atom is 0.253 e. The molecular weight excluding hydrogens is 360 g/mol. The van der Waals surface area contributed by atoms with Crippen LogP contribution in [-0.2, 0) is 13.0 Å². The van der Waals surface area contributed by atoms with Gasteiger partial charge in [0.2, 0.25) is 0 Å². The first-order valence-electron chi connectivity index (χ1n) is 8.70. The number of hydrogen-bond acceptors (Lipinski definition) is 4. The van der Waals surface area contributed by atoms with Crippen molar-refractivity contribution in [2.75, 3.05) is 18.9 Å². The lowest BCUT2D eigenvalue weighted by Gasteiger charge is -2.17. The number of amides is 1. The van der Waals surface area contributed by atoms with E-state index in [2.05, 4.69) is 15.3 Å². The van der Waals surface area contributed by atoms with Gasteiger partial charge in [0.1, 0.15) is 5.82 Å². The Balaban J connectivity index is 1.58. The van der Waals surface area contributed by atoms with Gasteiger partial charge in [-0.15, -0.1) is 0 Å². The second kappa shape index (κ2) is 9.14. The standard InChI is InChI=1S/C21H21ClN4O/c1-26(13-9-16-6-10-23-11-7-16)21(27)18-8-12-24-20(14-18)25-15-17-2-4-19(22)5-3-17/h2-8,10-12,14H,9,13,15H2,1H3,(H,24,25). The van der Waals surface area contributed by atoms with Crippen LogP contribution in [0.5, 0.6) is 0 Å². The zero-order valence-electron chi connectivity index (χ0n) is 15.1. The number of carbonyl (C=O) groups is 1. The molecule has 0 aliphatic rings. The Morgan fingerprint density at radius 3 is 2.52 bits per heavy atom. The van der Waals surface area contributed by atoms with Crippen LogP contribution in [0.3, 0.4) is 0 Å². The normalized spacial score (nSPS) is 10.4. The first-order chi connectivity index (χ1) is 13.1. The highest BCUT2D eigenvalue weighted by Gasteiger charge is 2.12. The average molecular weight is 381 g/mol. The van der Waals surface area contributed by atoms with E-state index in [1.54, 1.807) is 35.6 Å². The maximum atomic E-state index is 12.7. The lowest BCUT2D eigenvalue weighted by atomic mass is 10.1. The van der Waals surface area contributed by atoms with Crippen LogP contribution in [-0.4, -0.2) is 34.4 Å². The molecule has 0 aliphatic carbocycles. The summed E-state index contributed by atoms with van der Waals surface area (Å²) >= 11 is 5.90. The Labute approximate surface area is 164 Å². The van der Waals surface area contributed by atoms with Gasteiger partial charge in [-0.25, -0.2) is 4.98 Å². The van der Waals surface area contributed by atoms with E-state index in [-0.39, 0.29) is 5.91 Å². The van der Waals surface area contributed by atoms with Gasteiger partial charge in [0.05, 0.1) is 0 Å². The van der Waals surface area contributed by atoms with E-state index in [4.69, 9.17) is 11.6 Å². The number of halogens is 1. The topological polar surface area (TPSA) is 58.1 Å². The lowest BCUT2D eigenvalue weighted by Crippen LogP contribution is -2.29. The minimum atomic E-state index is -0.0269. The Morgan fingerprint density at radius 1 is 1.04 bits per heavy atom. The molecule has 1 aromatic carbocycles. The Morgan fingerprint density at radius 2 is 1.78 bits per heavy atom. The van der Waals surface area contributed by atoms with Gasteiger partial charge in [0.25, 0.3) is 5.91 Å². The van der Waals surface area contributed by atoms with Crippen molar-refractivity contribution in [3.8, 4) is 0 Å². The monoisotopic (exact) mass is 380 g/mol. The van der Waals surface area contributed by atoms with Crippen molar-refractivity contribution >= 4 is 23.3 Å². The van der Waals surface area contributed by atoms with Gasteiger partial charge in [-0.1, -0.05) is 23.7 Å². The zero-order chi connectivity index (χ0) is 19.1. The summed E-state index contributed by atoms with van der Waals surface area (Å²) < 4.78 is 0. The number of carbonyl (C=O) groups excluding carboxylic acids is 1. The van der Waals surface area contributed by atoms with E-state index in [1.807, 2.05) is 43.4 Å². The van der Waals surface area contributed by atoms with Crippen LogP contribution in [0.25, 0.3) is 0 Å². The third-order valence-corrected chi connectivity index (χ3v) is 4.48. The van der Waals surface area contributed by atoms with Crippen LogP contribution in [0, 0.1) is 0 Å². The predicted molar refractivity (Wildman–Crippen MR) is 108 cm³/mol. The molecule has 6 heteroatoms. The largest absolute Gasteiger partial charge is 0.366 e. The first kappa shape index (κ1) is 18.9. The minimum absolute atomic E-state index is 0.0269. The molecule has 3 rings (SSSR count). The highest BCUT2D eigenvalue weighted by Crippen LogP contribution is 2.13. The van der Waals surface area contributed by atoms with Crippen LogP contribution in [0.2, 0.25) is 5.02 Å². The third-order valence-electron chi connectivity index (χ3n) is 4.23. The fraction of sp³-hybridized carbons (Fsp3) is 0.190. The number of pyridine rings is 2. The van der Waals surface area contributed by atoms with Crippen LogP contribution < -0.4 is 5.32 Å². The van der Waals surface area contributed by atoms with Crippen molar-refractivity contribution < 1.29 is 4.79 Å². The minimum Gasteiger partial charge on any atom is -0.366 e. The summed E-state index contributed by atoms with van der Waals surface area (Å²) in [5.41, 5.74) is 2.86. The number of aromatic nitrogens is 2. The molecule has 0 unspecified atom stereocenters. The molecule has 1 amide bonds. The molecule has 1 N–H and O–H groups in total. The second-order valence-electron chi connectivity index (χ2n) is 6.24. The molecule has 0 saturated heterocycles. The number of nitrogens with zero attached hydrogens (tertiary/aromatic N) is 3. The molecule has 2 aromatic heterocycles. The van der Waals surface area contributed by atoms with E-state index in [9.17, 15) is 4.79 Å². The van der Waals surface area contributed by atoms with Gasteiger partial charge >= 0.3 is 0 Å². The van der Waals surface area contributed by atoms with Crippen molar-refractivity contribution in [2.45, 2.75) is 13.0 Å². The van der Waals surface area contributed by atoms with Gasteiger partial charge < -0.3 is 10.2 Å². The summed E-state index contributed by atoms with van der Waals surface area (Å²) in [5.74, 6) is 0.638. The molecule has 0 fully saturated rings. The smallest absolute Gasteiger partial charge is 0.253 e. The van der Waals surface area contributed by atoms with E-state index in [0.717, 1.165) is 17.5 Å². The molecule has 138 valence electrons. The zero-order valence-corrected chi connectivity index (χ0v) is 15.9. The molecule has 0 bridgehead atoms. The third kappa shape index (κ3) is 5.53. The highest BCUT2D eigenvalue weighted by molar-refractivity contribution is 6.30. The molecule has 0 atom stereocenters. The Hall–Kier alpha value is -2.92. The first-order valence-corrected chi connectivity index (χ1v) is 9.08. The number of nitrogens with one attached hydrogen (secondary N) is 1. The summed E-state index contributed by atoms with van der Waals surface area (Å²) in [5, 5.41) is 3.95. The van der Waals surface area contributed by atoms with E-state index >= 15 is 0 Å². The predicted octanol–water partition coefficient (Wildman–Crippen LogP) is 4.06. The van der Waals surface area contributed by atoms with E-state index in [1.165, 1.54) is 0 Å². The summed E-state index contributed by atoms with van der Waals surface area (Å²) in [7, 11) is 1.81. The lowest BCUT2D eigenvalue weighted by molar-refractivity contribution is 0.0796. The molecule has 2 heterocycles. The van der Waals surface area contributed by atoms with E-state index < -0.39 is 0 Å².